The fourth-order valence-corrected chi connectivity index (χ4v) is 1.31. The molecular weight excluding hydrogens is 171 g/mol. The lowest BCUT2D eigenvalue weighted by atomic mass is 10.0. The normalized spacial score (nSPS) is 25.5. The van der Waals surface area contributed by atoms with E-state index in [1.54, 1.807) is 0 Å². The zero-order valence-electron chi connectivity index (χ0n) is 6.90. The first-order valence-corrected chi connectivity index (χ1v) is 3.82. The summed E-state index contributed by atoms with van der Waals surface area (Å²) in [5.74, 6) is 0. The molecule has 1 rings (SSSR count). The number of halogens is 3. The van der Waals surface area contributed by atoms with E-state index in [1.165, 1.54) is 12.0 Å². The molecule has 0 aliphatic carbocycles. The number of nitrogens with zero attached hydrogens (tertiary/aromatic N) is 1. The molecule has 1 aliphatic rings. The number of methoxy groups -OCH3 is 1. The van der Waals surface area contributed by atoms with Crippen molar-refractivity contribution >= 4 is 0 Å². The van der Waals surface area contributed by atoms with Gasteiger partial charge in [0.15, 0.2) is 0 Å². The van der Waals surface area contributed by atoms with Crippen LogP contribution in [0.3, 0.4) is 0 Å². The van der Waals surface area contributed by atoms with Crippen LogP contribution in [0.25, 0.3) is 0 Å². The Kier molecular flexibility index (Phi) is 2.95. The lowest BCUT2D eigenvalue weighted by molar-refractivity contribution is -0.165. The van der Waals surface area contributed by atoms with Crippen LogP contribution in [0.15, 0.2) is 0 Å². The number of rotatable bonds is 3. The van der Waals surface area contributed by atoms with Gasteiger partial charge in [-0.2, -0.15) is 13.2 Å². The summed E-state index contributed by atoms with van der Waals surface area (Å²) < 4.78 is 40.4. The summed E-state index contributed by atoms with van der Waals surface area (Å²) in [6.07, 6.45) is -3.27. The van der Waals surface area contributed by atoms with Crippen LogP contribution in [0.5, 0.6) is 0 Å². The van der Waals surface area contributed by atoms with E-state index >= 15 is 0 Å². The van der Waals surface area contributed by atoms with Gasteiger partial charge in [-0.05, 0) is 6.42 Å². The molecule has 1 heterocycles. The quantitative estimate of drug-likeness (QED) is 0.653. The lowest BCUT2D eigenvalue weighted by Crippen LogP contribution is -2.53. The van der Waals surface area contributed by atoms with E-state index in [9.17, 15) is 13.2 Å². The van der Waals surface area contributed by atoms with E-state index in [4.69, 9.17) is 4.74 Å². The van der Waals surface area contributed by atoms with Crippen LogP contribution in [-0.4, -0.2) is 43.9 Å². The fourth-order valence-electron chi connectivity index (χ4n) is 1.31. The fraction of sp³-hybridized carbons (Fsp3) is 1.00. The summed E-state index contributed by atoms with van der Waals surface area (Å²) >= 11 is 0. The summed E-state index contributed by atoms with van der Waals surface area (Å²) in [5, 5.41) is 0. The molecule has 72 valence electrons. The highest BCUT2D eigenvalue weighted by molar-refractivity contribution is 4.83. The van der Waals surface area contributed by atoms with Gasteiger partial charge in [0.1, 0.15) is 0 Å². The van der Waals surface area contributed by atoms with E-state index in [0.29, 0.717) is 13.2 Å². The Hall–Kier alpha value is -0.290. The molecule has 1 fully saturated rings. The molecule has 2 nitrogen and oxygen atoms in total. The summed E-state index contributed by atoms with van der Waals surface area (Å²) in [6, 6.07) is -0.0309. The Bertz CT molecular complexity index is 148. The van der Waals surface area contributed by atoms with Crippen molar-refractivity contribution in [1.82, 2.24) is 4.90 Å². The van der Waals surface area contributed by atoms with Crippen LogP contribution >= 0.6 is 0 Å². The third-order valence-corrected chi connectivity index (χ3v) is 2.01. The van der Waals surface area contributed by atoms with Crippen molar-refractivity contribution in [2.24, 2.45) is 0 Å². The Morgan fingerprint density at radius 3 is 2.50 bits per heavy atom. The molecule has 0 radical (unpaired) electrons. The molecular formula is C7H12F3NO. The molecule has 0 spiro atoms. The second-order valence-corrected chi connectivity index (χ2v) is 2.98. The van der Waals surface area contributed by atoms with Gasteiger partial charge in [-0.15, -0.1) is 0 Å². The molecule has 5 heteroatoms. The van der Waals surface area contributed by atoms with Crippen molar-refractivity contribution in [2.45, 2.75) is 18.6 Å². The Morgan fingerprint density at radius 2 is 2.17 bits per heavy atom. The largest absolute Gasteiger partial charge is 0.401 e. The molecule has 1 saturated heterocycles. The van der Waals surface area contributed by atoms with Crippen LogP contribution < -0.4 is 0 Å². The van der Waals surface area contributed by atoms with Crippen molar-refractivity contribution in [3.8, 4) is 0 Å². The highest BCUT2D eigenvalue weighted by Gasteiger charge is 2.37. The smallest absolute Gasteiger partial charge is 0.383 e. The minimum Gasteiger partial charge on any atom is -0.383 e. The average molecular weight is 183 g/mol. The molecule has 0 amide bonds. The maximum Gasteiger partial charge on any atom is 0.401 e. The van der Waals surface area contributed by atoms with Crippen molar-refractivity contribution in [1.29, 1.82) is 0 Å². The van der Waals surface area contributed by atoms with Gasteiger partial charge in [0.25, 0.3) is 0 Å². The van der Waals surface area contributed by atoms with Crippen LogP contribution in [0, 0.1) is 0 Å². The molecule has 0 N–H and O–H groups in total. The number of alkyl halides is 3. The van der Waals surface area contributed by atoms with Crippen molar-refractivity contribution in [3.05, 3.63) is 0 Å². The molecule has 1 unspecified atom stereocenters. The third-order valence-electron chi connectivity index (χ3n) is 2.01. The summed E-state index contributed by atoms with van der Waals surface area (Å²) in [6.45, 7) is 0.130. The lowest BCUT2D eigenvalue weighted by Gasteiger charge is -2.40. The van der Waals surface area contributed by atoms with Gasteiger partial charge in [0.05, 0.1) is 13.2 Å². The number of hydrogen-bond donors (Lipinski definition) is 0. The van der Waals surface area contributed by atoms with Gasteiger partial charge in [-0.1, -0.05) is 0 Å². The Labute approximate surface area is 69.3 Å². The molecule has 0 aromatic rings. The molecule has 1 aliphatic heterocycles. The summed E-state index contributed by atoms with van der Waals surface area (Å²) in [7, 11) is 1.50. The predicted octanol–water partition coefficient (Wildman–Crippen LogP) is 1.27. The van der Waals surface area contributed by atoms with Gasteiger partial charge in [0, 0.05) is 19.7 Å². The van der Waals surface area contributed by atoms with Gasteiger partial charge in [-0.3, -0.25) is 4.90 Å². The standard InChI is InChI=1S/C7H12F3NO/c1-12-4-6-2-3-11(6)5-7(8,9)10/h6H,2-5H2,1H3. The molecule has 0 aromatic heterocycles. The average Bonchev–Trinajstić information content (AvgIpc) is 1.92. The summed E-state index contributed by atoms with van der Waals surface area (Å²) in [5.41, 5.74) is 0. The minimum atomic E-state index is -4.08. The second-order valence-electron chi connectivity index (χ2n) is 2.98. The van der Waals surface area contributed by atoms with E-state index < -0.39 is 12.7 Å². The first kappa shape index (κ1) is 9.80. The molecule has 12 heavy (non-hydrogen) atoms. The first-order chi connectivity index (χ1) is 5.53. The third kappa shape index (κ3) is 2.64. The monoisotopic (exact) mass is 183 g/mol. The highest BCUT2D eigenvalue weighted by atomic mass is 19.4. The first-order valence-electron chi connectivity index (χ1n) is 3.82. The van der Waals surface area contributed by atoms with Gasteiger partial charge >= 0.3 is 6.18 Å². The van der Waals surface area contributed by atoms with E-state index in [-0.39, 0.29) is 6.04 Å². The van der Waals surface area contributed by atoms with Crippen LogP contribution in [0.4, 0.5) is 13.2 Å². The van der Waals surface area contributed by atoms with E-state index in [1.807, 2.05) is 0 Å². The van der Waals surface area contributed by atoms with Gasteiger partial charge < -0.3 is 4.74 Å². The zero-order valence-corrected chi connectivity index (χ0v) is 6.90. The van der Waals surface area contributed by atoms with Crippen LogP contribution in [-0.2, 0) is 4.74 Å². The molecule has 0 bridgehead atoms. The zero-order chi connectivity index (χ0) is 9.19. The van der Waals surface area contributed by atoms with Crippen molar-refractivity contribution in [3.63, 3.8) is 0 Å². The number of likely N-dealkylation sites (tertiary alicyclic amines) is 1. The highest BCUT2D eigenvalue weighted by Crippen LogP contribution is 2.24. The Balaban J connectivity index is 2.25. The van der Waals surface area contributed by atoms with Crippen molar-refractivity contribution in [2.75, 3.05) is 26.8 Å². The Morgan fingerprint density at radius 1 is 1.50 bits per heavy atom. The topological polar surface area (TPSA) is 12.5 Å². The van der Waals surface area contributed by atoms with Gasteiger partial charge in [0.2, 0.25) is 0 Å². The maximum absolute atomic E-state index is 11.9. The molecule has 0 aromatic carbocycles. The van der Waals surface area contributed by atoms with Gasteiger partial charge in [-0.25, -0.2) is 0 Å². The predicted molar refractivity (Wildman–Crippen MR) is 37.9 cm³/mol. The van der Waals surface area contributed by atoms with Crippen LogP contribution in [0.2, 0.25) is 0 Å². The maximum atomic E-state index is 11.9. The van der Waals surface area contributed by atoms with Crippen LogP contribution in [0.1, 0.15) is 6.42 Å². The van der Waals surface area contributed by atoms with E-state index in [2.05, 4.69) is 0 Å². The SMILES string of the molecule is COCC1CCN1CC(F)(F)F. The molecule has 0 saturated carbocycles. The number of hydrogen-bond acceptors (Lipinski definition) is 2. The summed E-state index contributed by atoms with van der Waals surface area (Å²) in [4.78, 5) is 1.39. The minimum absolute atomic E-state index is 0.0309. The molecule has 1 atom stereocenters. The van der Waals surface area contributed by atoms with Crippen molar-refractivity contribution < 1.29 is 17.9 Å². The second kappa shape index (κ2) is 3.62. The van der Waals surface area contributed by atoms with E-state index in [0.717, 1.165) is 6.42 Å². The number of ether oxygens (including phenoxy) is 1.